The Morgan fingerprint density at radius 3 is 2.71 bits per heavy atom. The molecule has 0 saturated heterocycles. The second-order valence-electron chi connectivity index (χ2n) is 3.62. The first-order chi connectivity index (χ1) is 8.36. The molecule has 0 saturated carbocycles. The average molecular weight is 226 g/mol. The maximum atomic E-state index is 5.20. The first kappa shape index (κ1) is 9.84. The van der Waals surface area contributed by atoms with Crippen molar-refractivity contribution in [1.82, 2.24) is 9.97 Å². The maximum absolute atomic E-state index is 5.20. The normalized spacial score (nSPS) is 10.6. The molecule has 17 heavy (non-hydrogen) atoms. The summed E-state index contributed by atoms with van der Waals surface area (Å²) in [4.78, 5) is 8.30. The van der Waals surface area contributed by atoms with Gasteiger partial charge in [-0.3, -0.25) is 0 Å². The second-order valence-corrected chi connectivity index (χ2v) is 3.62. The maximum Gasteiger partial charge on any atom is 0.212 e. The molecule has 0 bridgehead atoms. The van der Waals surface area contributed by atoms with Crippen LogP contribution >= 0.6 is 0 Å². The fourth-order valence-corrected chi connectivity index (χ4v) is 1.71. The Balaban J connectivity index is 2.06. The molecule has 2 heterocycles. The number of aromatic nitrogens is 2. The summed E-state index contributed by atoms with van der Waals surface area (Å²) in [6.07, 6.45) is 3.22. The van der Waals surface area contributed by atoms with Crippen LogP contribution in [0.3, 0.4) is 0 Å². The molecule has 4 heteroatoms. The third-order valence-corrected chi connectivity index (χ3v) is 2.61. The predicted molar refractivity (Wildman–Crippen MR) is 63.8 cm³/mol. The van der Waals surface area contributed by atoms with Gasteiger partial charge < -0.3 is 9.15 Å². The van der Waals surface area contributed by atoms with Gasteiger partial charge in [-0.15, -0.1) is 0 Å². The van der Waals surface area contributed by atoms with E-state index in [0.717, 1.165) is 22.2 Å². The zero-order valence-corrected chi connectivity index (χ0v) is 9.25. The molecule has 0 aliphatic heterocycles. The van der Waals surface area contributed by atoms with Gasteiger partial charge in [0.25, 0.3) is 0 Å². The molecule has 0 unspecified atom stereocenters. The van der Waals surface area contributed by atoms with Crippen LogP contribution in [-0.4, -0.2) is 17.1 Å². The van der Waals surface area contributed by atoms with Crippen LogP contribution in [0.1, 0.15) is 0 Å². The molecule has 0 spiro atoms. The third kappa shape index (κ3) is 1.73. The van der Waals surface area contributed by atoms with Gasteiger partial charge in [-0.05, 0) is 23.8 Å². The molecule has 84 valence electrons. The van der Waals surface area contributed by atoms with Crippen molar-refractivity contribution >= 4 is 11.1 Å². The smallest absolute Gasteiger partial charge is 0.212 e. The van der Waals surface area contributed by atoms with Crippen LogP contribution < -0.4 is 4.74 Å². The van der Waals surface area contributed by atoms with Crippen LogP contribution in [0, 0.1) is 0 Å². The molecule has 0 amide bonds. The highest BCUT2D eigenvalue weighted by Crippen LogP contribution is 2.24. The van der Waals surface area contributed by atoms with Crippen LogP contribution in [-0.2, 0) is 0 Å². The number of nitrogens with zero attached hydrogens (tertiary/aromatic N) is 2. The van der Waals surface area contributed by atoms with Gasteiger partial charge in [-0.1, -0.05) is 6.07 Å². The number of hydrogen-bond donors (Lipinski definition) is 0. The Hall–Kier alpha value is -2.36. The number of ether oxygens (including phenoxy) is 1. The molecule has 2 aromatic heterocycles. The molecule has 0 fully saturated rings. The van der Waals surface area contributed by atoms with Gasteiger partial charge in [-0.25, -0.2) is 9.97 Å². The SMILES string of the molecule is COc1ccc(-c2ccc3ocnc3c2)cn1. The summed E-state index contributed by atoms with van der Waals surface area (Å²) >= 11 is 0. The highest BCUT2D eigenvalue weighted by Gasteiger charge is 2.03. The van der Waals surface area contributed by atoms with E-state index in [0.29, 0.717) is 5.88 Å². The van der Waals surface area contributed by atoms with Crippen LogP contribution in [0.25, 0.3) is 22.2 Å². The zero-order chi connectivity index (χ0) is 11.7. The lowest BCUT2D eigenvalue weighted by Crippen LogP contribution is -1.87. The molecule has 3 aromatic rings. The van der Waals surface area contributed by atoms with Crippen molar-refractivity contribution in [3.63, 3.8) is 0 Å². The monoisotopic (exact) mass is 226 g/mol. The van der Waals surface area contributed by atoms with E-state index in [1.165, 1.54) is 6.39 Å². The molecule has 4 nitrogen and oxygen atoms in total. The van der Waals surface area contributed by atoms with E-state index in [-0.39, 0.29) is 0 Å². The molecule has 0 radical (unpaired) electrons. The molecule has 0 aliphatic carbocycles. The summed E-state index contributed by atoms with van der Waals surface area (Å²) in [5, 5.41) is 0. The highest BCUT2D eigenvalue weighted by atomic mass is 16.5. The Bertz CT molecular complexity index is 644. The molecule has 1 aromatic carbocycles. The predicted octanol–water partition coefficient (Wildman–Crippen LogP) is 2.90. The number of hydrogen-bond acceptors (Lipinski definition) is 4. The summed E-state index contributed by atoms with van der Waals surface area (Å²) in [6, 6.07) is 9.66. The second kappa shape index (κ2) is 3.90. The summed E-state index contributed by atoms with van der Waals surface area (Å²) in [5.74, 6) is 0.608. The van der Waals surface area contributed by atoms with Crippen molar-refractivity contribution < 1.29 is 9.15 Å². The van der Waals surface area contributed by atoms with Gasteiger partial charge in [0, 0.05) is 17.8 Å². The Labute approximate surface area is 97.9 Å². The van der Waals surface area contributed by atoms with E-state index < -0.39 is 0 Å². The van der Waals surface area contributed by atoms with Gasteiger partial charge in [0.15, 0.2) is 12.0 Å². The fourth-order valence-electron chi connectivity index (χ4n) is 1.71. The Kier molecular flexibility index (Phi) is 2.26. The average Bonchev–Trinajstić information content (AvgIpc) is 2.86. The van der Waals surface area contributed by atoms with Crippen molar-refractivity contribution in [2.45, 2.75) is 0 Å². The zero-order valence-electron chi connectivity index (χ0n) is 9.25. The van der Waals surface area contributed by atoms with E-state index in [1.807, 2.05) is 30.3 Å². The fraction of sp³-hybridized carbons (Fsp3) is 0.0769. The van der Waals surface area contributed by atoms with E-state index in [1.54, 1.807) is 13.3 Å². The highest BCUT2D eigenvalue weighted by molar-refractivity contribution is 5.79. The Morgan fingerprint density at radius 2 is 1.94 bits per heavy atom. The van der Waals surface area contributed by atoms with Crippen LogP contribution in [0.2, 0.25) is 0 Å². The number of methoxy groups -OCH3 is 1. The summed E-state index contributed by atoms with van der Waals surface area (Å²) in [5.41, 5.74) is 3.71. The van der Waals surface area contributed by atoms with Crippen molar-refractivity contribution in [2.75, 3.05) is 7.11 Å². The van der Waals surface area contributed by atoms with Crippen LogP contribution in [0.4, 0.5) is 0 Å². The minimum absolute atomic E-state index is 0.608. The van der Waals surface area contributed by atoms with Crippen molar-refractivity contribution in [1.29, 1.82) is 0 Å². The molecule has 0 N–H and O–H groups in total. The quantitative estimate of drug-likeness (QED) is 0.674. The number of pyridine rings is 1. The topological polar surface area (TPSA) is 48.2 Å². The van der Waals surface area contributed by atoms with E-state index >= 15 is 0 Å². The first-order valence-electron chi connectivity index (χ1n) is 5.20. The van der Waals surface area contributed by atoms with E-state index in [2.05, 4.69) is 9.97 Å². The molecule has 0 aliphatic rings. The van der Waals surface area contributed by atoms with Crippen molar-refractivity contribution in [2.24, 2.45) is 0 Å². The van der Waals surface area contributed by atoms with Crippen molar-refractivity contribution in [3.05, 3.63) is 42.9 Å². The van der Waals surface area contributed by atoms with Gasteiger partial charge in [0.1, 0.15) is 5.52 Å². The van der Waals surface area contributed by atoms with E-state index in [4.69, 9.17) is 9.15 Å². The summed E-state index contributed by atoms with van der Waals surface area (Å²) in [7, 11) is 1.60. The minimum Gasteiger partial charge on any atom is -0.481 e. The lowest BCUT2D eigenvalue weighted by atomic mass is 10.1. The number of rotatable bonds is 2. The first-order valence-corrected chi connectivity index (χ1v) is 5.20. The minimum atomic E-state index is 0.608. The molecular weight excluding hydrogens is 216 g/mol. The van der Waals surface area contributed by atoms with Gasteiger partial charge in [-0.2, -0.15) is 0 Å². The molecule has 3 rings (SSSR count). The lowest BCUT2D eigenvalue weighted by molar-refractivity contribution is 0.398. The van der Waals surface area contributed by atoms with Crippen LogP contribution in [0.5, 0.6) is 5.88 Å². The van der Waals surface area contributed by atoms with Crippen molar-refractivity contribution in [3.8, 4) is 17.0 Å². The lowest BCUT2D eigenvalue weighted by Gasteiger charge is -2.02. The van der Waals surface area contributed by atoms with Crippen LogP contribution in [0.15, 0.2) is 47.3 Å². The number of oxazole rings is 1. The van der Waals surface area contributed by atoms with Gasteiger partial charge in [0.05, 0.1) is 7.11 Å². The summed E-state index contributed by atoms with van der Waals surface area (Å²) < 4.78 is 10.2. The molecule has 0 atom stereocenters. The number of fused-ring (bicyclic) bond motifs is 1. The number of benzene rings is 1. The van der Waals surface area contributed by atoms with Gasteiger partial charge >= 0.3 is 0 Å². The Morgan fingerprint density at radius 1 is 1.06 bits per heavy atom. The third-order valence-electron chi connectivity index (χ3n) is 2.61. The van der Waals surface area contributed by atoms with Gasteiger partial charge in [0.2, 0.25) is 5.88 Å². The molecular formula is C13H10N2O2. The summed E-state index contributed by atoms with van der Waals surface area (Å²) in [6.45, 7) is 0. The standard InChI is InChI=1S/C13H10N2O2/c1-16-13-5-3-10(7-14-13)9-2-4-12-11(6-9)15-8-17-12/h2-8H,1H3. The van der Waals surface area contributed by atoms with E-state index in [9.17, 15) is 0 Å². The largest absolute Gasteiger partial charge is 0.481 e.